The molecule has 1 aromatic rings. The zero-order chi connectivity index (χ0) is 23.5. The molecule has 3 N–H and O–H groups in total. The standard InChI is InChI=1S/C21H34N6O4/c1-12(2)14-10-15(24-25-17(14)18(28)23-22)19(29)26-8-9-27(16(11-26)13(3)4)20(30)31-21(5,6)7/h10,12-13,16H,8-9,11,22H2,1-7H3,(H,23,28)/t16-/m1/s1/i20+2. The Hall–Kier alpha value is -2.75. The first-order chi connectivity index (χ1) is 14.4. The molecular formula is C21H34N6O4. The first kappa shape index (κ1) is 24.5. The SMILES string of the molecule is CC(C)c1cc(C(=O)N2CCN([14C](=O)OC(C)(C)C)[C@@H](C(C)C)C2)nnc1C(=O)NN. The van der Waals surface area contributed by atoms with E-state index in [9.17, 15) is 14.4 Å². The summed E-state index contributed by atoms with van der Waals surface area (Å²) >= 11 is 0. The third kappa shape index (κ3) is 5.90. The van der Waals surface area contributed by atoms with E-state index in [1.165, 1.54) is 0 Å². The molecule has 31 heavy (non-hydrogen) atoms. The quantitative estimate of drug-likeness (QED) is 0.419. The number of hydrogen-bond acceptors (Lipinski definition) is 7. The molecule has 3 amide bonds. The van der Waals surface area contributed by atoms with Crippen molar-refractivity contribution in [2.45, 2.75) is 66.0 Å². The molecule has 10 heteroatoms. The van der Waals surface area contributed by atoms with Crippen molar-refractivity contribution < 1.29 is 19.1 Å². The molecule has 1 fully saturated rings. The number of carbonyl (C=O) groups excluding carboxylic acids is 3. The number of amides is 3. The lowest BCUT2D eigenvalue weighted by atomic mass is 9.99. The minimum atomic E-state index is -0.591. The van der Waals surface area contributed by atoms with Crippen LogP contribution >= 0.6 is 0 Å². The van der Waals surface area contributed by atoms with Gasteiger partial charge in [0.1, 0.15) is 5.60 Å². The second kappa shape index (κ2) is 9.59. The second-order valence-electron chi connectivity index (χ2n) is 9.40. The smallest absolute Gasteiger partial charge is 0.410 e. The van der Waals surface area contributed by atoms with Gasteiger partial charge in [0.15, 0.2) is 11.4 Å². The van der Waals surface area contributed by atoms with Crippen molar-refractivity contribution in [3.8, 4) is 0 Å². The van der Waals surface area contributed by atoms with Crippen LogP contribution in [0.4, 0.5) is 4.79 Å². The van der Waals surface area contributed by atoms with E-state index in [0.717, 1.165) is 0 Å². The summed E-state index contributed by atoms with van der Waals surface area (Å²) in [5.74, 6) is 4.45. The summed E-state index contributed by atoms with van der Waals surface area (Å²) in [6.07, 6.45) is -0.377. The third-order valence-electron chi connectivity index (χ3n) is 5.11. The van der Waals surface area contributed by atoms with Crippen LogP contribution in [0.15, 0.2) is 6.07 Å². The van der Waals surface area contributed by atoms with Crippen LogP contribution in [0.5, 0.6) is 0 Å². The van der Waals surface area contributed by atoms with Crippen LogP contribution < -0.4 is 11.3 Å². The highest BCUT2D eigenvalue weighted by atomic mass is 16.8. The number of carbonyl (C=O) groups is 3. The molecule has 172 valence electrons. The maximum atomic E-state index is 13.2. The summed E-state index contributed by atoms with van der Waals surface area (Å²) in [6, 6.07) is 1.40. The number of nitrogen functional groups attached to an aromatic ring is 1. The summed E-state index contributed by atoms with van der Waals surface area (Å²) in [4.78, 5) is 41.1. The van der Waals surface area contributed by atoms with E-state index in [2.05, 4.69) is 15.6 Å². The average Bonchev–Trinajstić information content (AvgIpc) is 2.70. The number of hydrazine groups is 1. The molecule has 1 aliphatic heterocycles. The molecule has 0 unspecified atom stereocenters. The number of aromatic nitrogens is 2. The largest absolute Gasteiger partial charge is 0.444 e. The molecule has 0 bridgehead atoms. The van der Waals surface area contributed by atoms with Gasteiger partial charge < -0.3 is 14.5 Å². The molecule has 1 aliphatic rings. The fourth-order valence-electron chi connectivity index (χ4n) is 3.47. The van der Waals surface area contributed by atoms with Crippen LogP contribution in [0.1, 0.15) is 80.9 Å². The molecule has 1 atom stereocenters. The molecule has 0 aliphatic carbocycles. The Labute approximate surface area is 183 Å². The summed E-state index contributed by atoms with van der Waals surface area (Å²) in [5, 5.41) is 7.93. The van der Waals surface area contributed by atoms with Gasteiger partial charge in [0.2, 0.25) is 0 Å². The summed E-state index contributed by atoms with van der Waals surface area (Å²) in [7, 11) is 0. The Morgan fingerprint density at radius 2 is 1.87 bits per heavy atom. The number of nitrogens with two attached hydrogens (primary N) is 1. The van der Waals surface area contributed by atoms with Gasteiger partial charge in [-0.05, 0) is 44.2 Å². The number of rotatable bonds is 4. The molecular weight excluding hydrogens is 402 g/mol. The van der Waals surface area contributed by atoms with E-state index >= 15 is 0 Å². The third-order valence-corrected chi connectivity index (χ3v) is 5.11. The second-order valence-corrected chi connectivity index (χ2v) is 9.40. The average molecular weight is 437 g/mol. The van der Waals surface area contributed by atoms with Gasteiger partial charge in [-0.15, -0.1) is 10.2 Å². The van der Waals surface area contributed by atoms with Crippen LogP contribution in [0.2, 0.25) is 0 Å². The van der Waals surface area contributed by atoms with Crippen LogP contribution in [0.3, 0.4) is 0 Å². The highest BCUT2D eigenvalue weighted by Crippen LogP contribution is 2.23. The molecule has 0 spiro atoms. The van der Waals surface area contributed by atoms with Crippen molar-refractivity contribution in [3.63, 3.8) is 0 Å². The van der Waals surface area contributed by atoms with E-state index in [0.29, 0.717) is 25.2 Å². The lowest BCUT2D eigenvalue weighted by molar-refractivity contribution is -0.00803. The number of hydrogen-bond donors (Lipinski definition) is 2. The molecule has 1 aromatic heterocycles. The van der Waals surface area contributed by atoms with Gasteiger partial charge in [-0.25, -0.2) is 10.6 Å². The Kier molecular flexibility index (Phi) is 7.58. The first-order valence-electron chi connectivity index (χ1n) is 10.5. The predicted molar refractivity (Wildman–Crippen MR) is 115 cm³/mol. The highest BCUT2D eigenvalue weighted by Gasteiger charge is 2.37. The maximum Gasteiger partial charge on any atom is 0.410 e. The van der Waals surface area contributed by atoms with Gasteiger partial charge in [-0.1, -0.05) is 27.7 Å². The minimum Gasteiger partial charge on any atom is -0.444 e. The van der Waals surface area contributed by atoms with E-state index in [1.54, 1.807) is 15.9 Å². The van der Waals surface area contributed by atoms with Crippen molar-refractivity contribution >= 4 is 17.9 Å². The maximum absolute atomic E-state index is 13.2. The Morgan fingerprint density at radius 3 is 2.39 bits per heavy atom. The fraction of sp³-hybridized carbons (Fsp3) is 0.667. The minimum absolute atomic E-state index is 0.0539. The van der Waals surface area contributed by atoms with Crippen LogP contribution in [0.25, 0.3) is 0 Å². The van der Waals surface area contributed by atoms with Gasteiger partial charge >= 0.3 is 6.09 Å². The normalized spacial score (nSPS) is 17.2. The zero-order valence-corrected chi connectivity index (χ0v) is 19.4. The van der Waals surface area contributed by atoms with Gasteiger partial charge in [-0.2, -0.15) is 0 Å². The Bertz CT molecular complexity index is 834. The van der Waals surface area contributed by atoms with Crippen molar-refractivity contribution in [2.24, 2.45) is 11.8 Å². The van der Waals surface area contributed by atoms with E-state index < -0.39 is 11.5 Å². The molecule has 2 rings (SSSR count). The summed E-state index contributed by atoms with van der Waals surface area (Å²) in [6.45, 7) is 14.4. The zero-order valence-electron chi connectivity index (χ0n) is 19.4. The Morgan fingerprint density at radius 1 is 1.23 bits per heavy atom. The molecule has 0 aromatic carbocycles. The number of nitrogens with zero attached hydrogens (tertiary/aromatic N) is 4. The van der Waals surface area contributed by atoms with Crippen LogP contribution in [-0.4, -0.2) is 69.2 Å². The lowest BCUT2D eigenvalue weighted by Gasteiger charge is -2.43. The monoisotopic (exact) mass is 436 g/mol. The lowest BCUT2D eigenvalue weighted by Crippen LogP contribution is -2.59. The Balaban J connectivity index is 2.24. The first-order valence-corrected chi connectivity index (χ1v) is 10.5. The number of piperazine rings is 1. The van der Waals surface area contributed by atoms with E-state index in [4.69, 9.17) is 10.6 Å². The van der Waals surface area contributed by atoms with Crippen LogP contribution in [-0.2, 0) is 4.74 Å². The van der Waals surface area contributed by atoms with Gasteiger partial charge in [0, 0.05) is 19.6 Å². The van der Waals surface area contributed by atoms with E-state index in [-0.39, 0.29) is 41.3 Å². The number of ether oxygens (including phenoxy) is 1. The van der Waals surface area contributed by atoms with Gasteiger partial charge in [0.05, 0.1) is 6.04 Å². The summed E-state index contributed by atoms with van der Waals surface area (Å²) < 4.78 is 5.54. The van der Waals surface area contributed by atoms with Crippen molar-refractivity contribution in [3.05, 3.63) is 23.0 Å². The predicted octanol–water partition coefficient (Wildman–Crippen LogP) is 1.92. The molecule has 1 saturated heterocycles. The molecule has 10 nitrogen and oxygen atoms in total. The van der Waals surface area contributed by atoms with Crippen molar-refractivity contribution in [2.75, 3.05) is 19.6 Å². The number of nitrogens with one attached hydrogen (secondary N) is 1. The molecule has 2 heterocycles. The highest BCUT2D eigenvalue weighted by molar-refractivity contribution is 5.96. The summed E-state index contributed by atoms with van der Waals surface area (Å²) in [5.41, 5.74) is 2.31. The van der Waals surface area contributed by atoms with Crippen LogP contribution in [0, 0.1) is 5.92 Å². The fourth-order valence-corrected chi connectivity index (χ4v) is 3.47. The van der Waals surface area contributed by atoms with E-state index in [1.807, 2.05) is 48.5 Å². The topological polar surface area (TPSA) is 131 Å². The van der Waals surface area contributed by atoms with Crippen molar-refractivity contribution in [1.29, 1.82) is 0 Å². The van der Waals surface area contributed by atoms with Gasteiger partial charge in [-0.3, -0.25) is 15.0 Å². The molecule has 0 radical (unpaired) electrons. The van der Waals surface area contributed by atoms with Crippen molar-refractivity contribution in [1.82, 2.24) is 25.4 Å². The molecule has 0 saturated carbocycles. The van der Waals surface area contributed by atoms with Gasteiger partial charge in [0.25, 0.3) is 11.8 Å².